The van der Waals surface area contributed by atoms with Gasteiger partial charge < -0.3 is 4.89 Å². The van der Waals surface area contributed by atoms with Gasteiger partial charge in [0.05, 0.1) is 6.42 Å². The molecule has 0 atom stereocenters. The summed E-state index contributed by atoms with van der Waals surface area (Å²) in [5.41, 5.74) is 0.980. The second-order valence-corrected chi connectivity index (χ2v) is 2.02. The Labute approximate surface area is 59.3 Å². The lowest BCUT2D eigenvalue weighted by atomic mass is 10.1. The number of hydrogen-bond donors (Lipinski definition) is 0. The molecule has 0 aliphatic carbocycles. The first-order valence-corrected chi connectivity index (χ1v) is 3.09. The molecule has 1 heterocycles. The fourth-order valence-electron chi connectivity index (χ4n) is 0.886. The Bertz CT molecular complexity index is 207. The first-order valence-electron chi connectivity index (χ1n) is 3.09. The molecule has 0 unspecified atom stereocenters. The topological polar surface area (TPSA) is 18.5 Å². The zero-order valence-corrected chi connectivity index (χ0v) is 5.33. The maximum atomic E-state index is 4.86. The second-order valence-electron chi connectivity index (χ2n) is 2.02. The largest absolute Gasteiger partial charge is 0.337 e. The maximum Gasteiger partial charge on any atom is 0.169 e. The van der Waals surface area contributed by atoms with Crippen LogP contribution in [0.4, 0.5) is 0 Å². The average molecular weight is 134 g/mol. The number of fused-ring (bicyclic) bond motifs is 1. The lowest BCUT2D eigenvalue weighted by Crippen LogP contribution is -2.08. The van der Waals surface area contributed by atoms with Crippen LogP contribution in [0.1, 0.15) is 5.56 Å². The van der Waals surface area contributed by atoms with E-state index in [0.29, 0.717) is 6.61 Å². The maximum absolute atomic E-state index is 4.86. The van der Waals surface area contributed by atoms with Crippen molar-refractivity contribution in [1.29, 1.82) is 0 Å². The van der Waals surface area contributed by atoms with Crippen LogP contribution in [0.2, 0.25) is 0 Å². The summed E-state index contributed by atoms with van der Waals surface area (Å²) < 4.78 is 0. The zero-order chi connectivity index (χ0) is 6.81. The van der Waals surface area contributed by atoms with E-state index in [4.69, 9.17) is 4.89 Å². The third-order valence-corrected chi connectivity index (χ3v) is 1.36. The summed E-state index contributed by atoms with van der Waals surface area (Å²) in [5, 5.41) is 0. The van der Waals surface area contributed by atoms with Gasteiger partial charge in [0.15, 0.2) is 5.75 Å². The summed E-state index contributed by atoms with van der Waals surface area (Å²) in [5.74, 6) is 0.744. The number of hydrogen-bond acceptors (Lipinski definition) is 2. The van der Waals surface area contributed by atoms with Gasteiger partial charge in [-0.15, -0.1) is 0 Å². The van der Waals surface area contributed by atoms with Crippen LogP contribution in [0, 0.1) is 6.42 Å². The van der Waals surface area contributed by atoms with Gasteiger partial charge in [-0.05, 0) is 6.07 Å². The van der Waals surface area contributed by atoms with E-state index in [2.05, 4.69) is 11.3 Å². The number of para-hydroxylation sites is 1. The molecule has 50 valence electrons. The summed E-state index contributed by atoms with van der Waals surface area (Å²) in [6.45, 7) is 0.414. The second kappa shape index (κ2) is 2.31. The molecule has 0 saturated carbocycles. The average Bonchev–Trinajstić information content (AvgIpc) is 2.05. The van der Waals surface area contributed by atoms with Crippen molar-refractivity contribution < 1.29 is 9.78 Å². The Kier molecular flexibility index (Phi) is 1.32. The molecule has 0 fully saturated rings. The molecule has 2 rings (SSSR count). The molecule has 2 nitrogen and oxygen atoms in total. The van der Waals surface area contributed by atoms with Crippen LogP contribution in [0.3, 0.4) is 0 Å². The van der Waals surface area contributed by atoms with Crippen LogP contribution in [-0.4, -0.2) is 6.61 Å². The molecule has 0 bridgehead atoms. The fourth-order valence-corrected chi connectivity index (χ4v) is 0.886. The van der Waals surface area contributed by atoms with Crippen molar-refractivity contribution >= 4 is 0 Å². The Morgan fingerprint density at radius 1 is 1.30 bits per heavy atom. The molecule has 10 heavy (non-hydrogen) atoms. The smallest absolute Gasteiger partial charge is 0.169 e. The van der Waals surface area contributed by atoms with E-state index in [1.54, 1.807) is 0 Å². The van der Waals surface area contributed by atoms with E-state index < -0.39 is 0 Å². The molecule has 1 aromatic rings. The summed E-state index contributed by atoms with van der Waals surface area (Å²) in [6, 6.07) is 7.63. The third-order valence-electron chi connectivity index (χ3n) is 1.36. The first-order chi connectivity index (χ1) is 4.97. The molecular weight excluding hydrogens is 128 g/mol. The van der Waals surface area contributed by atoms with Crippen molar-refractivity contribution in [3.8, 4) is 5.75 Å². The Morgan fingerprint density at radius 3 is 3.10 bits per heavy atom. The van der Waals surface area contributed by atoms with Crippen LogP contribution in [0.15, 0.2) is 24.3 Å². The SMILES string of the molecule is [C]1COOc2ccccc21. The molecule has 0 N–H and O–H groups in total. The van der Waals surface area contributed by atoms with Gasteiger partial charge in [-0.3, -0.25) is 0 Å². The predicted molar refractivity (Wildman–Crippen MR) is 35.4 cm³/mol. The van der Waals surface area contributed by atoms with E-state index in [-0.39, 0.29) is 0 Å². The third kappa shape index (κ3) is 0.866. The molecule has 0 spiro atoms. The van der Waals surface area contributed by atoms with E-state index in [1.165, 1.54) is 0 Å². The monoisotopic (exact) mass is 134 g/mol. The van der Waals surface area contributed by atoms with Gasteiger partial charge in [-0.25, -0.2) is 0 Å². The molecule has 0 saturated heterocycles. The van der Waals surface area contributed by atoms with Gasteiger partial charge in [-0.1, -0.05) is 18.2 Å². The van der Waals surface area contributed by atoms with Gasteiger partial charge in [-0.2, -0.15) is 4.89 Å². The van der Waals surface area contributed by atoms with Crippen LogP contribution in [-0.2, 0) is 4.89 Å². The van der Waals surface area contributed by atoms with Gasteiger partial charge in [0.25, 0.3) is 0 Å². The highest BCUT2D eigenvalue weighted by Gasteiger charge is 2.09. The van der Waals surface area contributed by atoms with Gasteiger partial charge >= 0.3 is 0 Å². The Hall–Kier alpha value is -1.02. The zero-order valence-electron chi connectivity index (χ0n) is 5.33. The lowest BCUT2D eigenvalue weighted by Gasteiger charge is -2.13. The van der Waals surface area contributed by atoms with Gasteiger partial charge in [0, 0.05) is 5.56 Å². The highest BCUT2D eigenvalue weighted by molar-refractivity contribution is 5.38. The molecule has 2 radical (unpaired) electrons. The van der Waals surface area contributed by atoms with Gasteiger partial charge in [0.1, 0.15) is 6.61 Å². The van der Waals surface area contributed by atoms with Crippen molar-refractivity contribution in [2.75, 3.05) is 6.61 Å². The minimum atomic E-state index is 0.414. The van der Waals surface area contributed by atoms with Crippen LogP contribution < -0.4 is 4.89 Å². The minimum Gasteiger partial charge on any atom is -0.337 e. The quantitative estimate of drug-likeness (QED) is 0.500. The first kappa shape index (κ1) is 5.74. The molecule has 1 aromatic carbocycles. The number of rotatable bonds is 0. The Balaban J connectivity index is 2.41. The molecule has 0 aromatic heterocycles. The summed E-state index contributed by atoms with van der Waals surface area (Å²) >= 11 is 0. The molecule has 1 aliphatic rings. The van der Waals surface area contributed by atoms with Crippen molar-refractivity contribution in [2.45, 2.75) is 0 Å². The standard InChI is InChI=1S/C8H6O2/c1-2-4-8-7(3-1)5-6-9-10-8/h1-4H,6H2. The summed E-state index contributed by atoms with van der Waals surface area (Å²) in [6.07, 6.45) is 3.02. The fraction of sp³-hybridized carbons (Fsp3) is 0.125. The van der Waals surface area contributed by atoms with Gasteiger partial charge in [0.2, 0.25) is 0 Å². The summed E-state index contributed by atoms with van der Waals surface area (Å²) in [7, 11) is 0. The molecule has 2 heteroatoms. The predicted octanol–water partition coefficient (Wildman–Crippen LogP) is 1.44. The highest BCUT2D eigenvalue weighted by Crippen LogP contribution is 2.22. The van der Waals surface area contributed by atoms with E-state index in [0.717, 1.165) is 11.3 Å². The van der Waals surface area contributed by atoms with E-state index in [9.17, 15) is 0 Å². The summed E-state index contributed by atoms with van der Waals surface area (Å²) in [4.78, 5) is 9.55. The van der Waals surface area contributed by atoms with Crippen LogP contribution >= 0.6 is 0 Å². The number of benzene rings is 1. The minimum absolute atomic E-state index is 0.414. The lowest BCUT2D eigenvalue weighted by molar-refractivity contribution is -0.205. The van der Waals surface area contributed by atoms with E-state index in [1.807, 2.05) is 24.3 Å². The van der Waals surface area contributed by atoms with Crippen molar-refractivity contribution in [2.24, 2.45) is 0 Å². The van der Waals surface area contributed by atoms with Crippen molar-refractivity contribution in [3.05, 3.63) is 36.2 Å². The van der Waals surface area contributed by atoms with E-state index >= 15 is 0 Å². The Morgan fingerprint density at radius 2 is 2.20 bits per heavy atom. The normalized spacial score (nSPS) is 15.6. The van der Waals surface area contributed by atoms with Crippen LogP contribution in [0.5, 0.6) is 5.75 Å². The molecule has 1 aliphatic heterocycles. The molecular formula is C8H6O2. The molecule has 0 amide bonds. The van der Waals surface area contributed by atoms with Crippen LogP contribution in [0.25, 0.3) is 0 Å². The van der Waals surface area contributed by atoms with Crippen molar-refractivity contribution in [1.82, 2.24) is 0 Å². The van der Waals surface area contributed by atoms with Crippen molar-refractivity contribution in [3.63, 3.8) is 0 Å². The highest BCUT2D eigenvalue weighted by atomic mass is 17.2.